The highest BCUT2D eigenvalue weighted by molar-refractivity contribution is 5.18. The summed E-state index contributed by atoms with van der Waals surface area (Å²) in [7, 11) is 0. The summed E-state index contributed by atoms with van der Waals surface area (Å²) >= 11 is 0. The molecule has 0 aliphatic heterocycles. The lowest BCUT2D eigenvalue weighted by Gasteiger charge is -1.71. The molecular formula is C8H10O. The van der Waals surface area contributed by atoms with E-state index in [1.54, 1.807) is 31.2 Å². The van der Waals surface area contributed by atoms with E-state index in [0.717, 1.165) is 0 Å². The molecule has 0 aromatic carbocycles. The Bertz CT molecular complexity index is 155. The summed E-state index contributed by atoms with van der Waals surface area (Å²) in [4.78, 5) is 0. The second-order valence-electron chi connectivity index (χ2n) is 1.36. The number of aliphatic hydroxyl groups excluding tert-OH is 1. The molecule has 0 fully saturated rings. The molecule has 0 rings (SSSR count). The summed E-state index contributed by atoms with van der Waals surface area (Å²) < 4.78 is 0. The normalized spacial score (nSPS) is 10.0. The van der Waals surface area contributed by atoms with Crippen LogP contribution in [0.4, 0.5) is 0 Å². The molecule has 1 N–H and O–H groups in total. The van der Waals surface area contributed by atoms with Gasteiger partial charge in [0.2, 0.25) is 0 Å². The van der Waals surface area contributed by atoms with Gasteiger partial charge in [-0.25, -0.2) is 0 Å². The molecule has 0 bridgehead atoms. The van der Waals surface area contributed by atoms with Crippen molar-refractivity contribution in [1.82, 2.24) is 0 Å². The summed E-state index contributed by atoms with van der Waals surface area (Å²) in [6, 6.07) is 0. The van der Waals surface area contributed by atoms with Crippen LogP contribution in [0.2, 0.25) is 0 Å². The van der Waals surface area contributed by atoms with Gasteiger partial charge in [0.1, 0.15) is 0 Å². The van der Waals surface area contributed by atoms with Crippen LogP contribution in [0, 0.1) is 11.8 Å². The number of hydrogen-bond acceptors (Lipinski definition) is 1. The number of allylic oxidation sites excluding steroid dienone is 3. The van der Waals surface area contributed by atoms with Crippen molar-refractivity contribution < 1.29 is 5.11 Å². The largest absolute Gasteiger partial charge is 0.392 e. The summed E-state index contributed by atoms with van der Waals surface area (Å²) in [5.74, 6) is 5.46. The first-order valence-corrected chi connectivity index (χ1v) is 2.76. The van der Waals surface area contributed by atoms with Crippen molar-refractivity contribution in [2.45, 2.75) is 6.92 Å². The quantitative estimate of drug-likeness (QED) is 0.429. The van der Waals surface area contributed by atoms with Gasteiger partial charge in [-0.2, -0.15) is 0 Å². The number of rotatable bonds is 2. The zero-order valence-electron chi connectivity index (χ0n) is 5.46. The molecule has 0 amide bonds. The maximum absolute atomic E-state index is 8.27. The lowest BCUT2D eigenvalue weighted by atomic mass is 10.4. The maximum Gasteiger partial charge on any atom is 0.0615 e. The SMILES string of the molecule is CC#C/C=C/C=C/CO. The van der Waals surface area contributed by atoms with Crippen molar-refractivity contribution in [2.75, 3.05) is 6.61 Å². The van der Waals surface area contributed by atoms with Crippen LogP contribution in [0.15, 0.2) is 24.3 Å². The van der Waals surface area contributed by atoms with Gasteiger partial charge in [-0.1, -0.05) is 24.1 Å². The Morgan fingerprint density at radius 3 is 2.78 bits per heavy atom. The van der Waals surface area contributed by atoms with E-state index in [2.05, 4.69) is 11.8 Å². The second-order valence-corrected chi connectivity index (χ2v) is 1.36. The second kappa shape index (κ2) is 7.00. The van der Waals surface area contributed by atoms with E-state index < -0.39 is 0 Å². The van der Waals surface area contributed by atoms with Crippen LogP contribution in [0.5, 0.6) is 0 Å². The van der Waals surface area contributed by atoms with E-state index in [4.69, 9.17) is 5.11 Å². The minimum atomic E-state index is 0.0872. The Morgan fingerprint density at radius 1 is 1.44 bits per heavy atom. The molecule has 0 saturated carbocycles. The average molecular weight is 122 g/mol. The van der Waals surface area contributed by atoms with Gasteiger partial charge >= 0.3 is 0 Å². The molecule has 1 heteroatoms. The van der Waals surface area contributed by atoms with Crippen LogP contribution in [0.1, 0.15) is 6.92 Å². The molecule has 9 heavy (non-hydrogen) atoms. The van der Waals surface area contributed by atoms with Crippen molar-refractivity contribution in [2.24, 2.45) is 0 Å². The fraction of sp³-hybridized carbons (Fsp3) is 0.250. The number of aliphatic hydroxyl groups is 1. The third kappa shape index (κ3) is 7.00. The summed E-state index contributed by atoms with van der Waals surface area (Å²) in [5.41, 5.74) is 0. The van der Waals surface area contributed by atoms with Crippen LogP contribution < -0.4 is 0 Å². The molecule has 0 atom stereocenters. The molecule has 0 aliphatic rings. The Hall–Kier alpha value is -1.00. The van der Waals surface area contributed by atoms with Gasteiger partial charge in [0.25, 0.3) is 0 Å². The van der Waals surface area contributed by atoms with Crippen molar-refractivity contribution in [3.05, 3.63) is 24.3 Å². The van der Waals surface area contributed by atoms with Crippen LogP contribution in [-0.4, -0.2) is 11.7 Å². The molecule has 0 aliphatic carbocycles. The van der Waals surface area contributed by atoms with Gasteiger partial charge in [-0.15, -0.1) is 5.92 Å². The average Bonchev–Trinajstić information content (AvgIpc) is 1.89. The topological polar surface area (TPSA) is 20.2 Å². The van der Waals surface area contributed by atoms with Gasteiger partial charge < -0.3 is 5.11 Å². The van der Waals surface area contributed by atoms with E-state index in [-0.39, 0.29) is 6.61 Å². The zero-order valence-corrected chi connectivity index (χ0v) is 5.46. The van der Waals surface area contributed by atoms with Crippen molar-refractivity contribution in [3.8, 4) is 11.8 Å². The number of hydrogen-bond donors (Lipinski definition) is 1. The van der Waals surface area contributed by atoms with Gasteiger partial charge in [0.05, 0.1) is 6.61 Å². The molecule has 0 aromatic heterocycles. The summed E-state index contributed by atoms with van der Waals surface area (Å²) in [6.07, 6.45) is 6.91. The van der Waals surface area contributed by atoms with Crippen molar-refractivity contribution in [1.29, 1.82) is 0 Å². The Balaban J connectivity index is 3.43. The van der Waals surface area contributed by atoms with Gasteiger partial charge in [0.15, 0.2) is 0 Å². The highest BCUT2D eigenvalue weighted by Gasteiger charge is 1.60. The Labute approximate surface area is 55.7 Å². The fourth-order valence-corrected chi connectivity index (χ4v) is 0.326. The molecule has 0 heterocycles. The highest BCUT2D eigenvalue weighted by atomic mass is 16.2. The lowest BCUT2D eigenvalue weighted by Crippen LogP contribution is -1.66. The monoisotopic (exact) mass is 122 g/mol. The molecule has 0 radical (unpaired) electrons. The molecule has 48 valence electrons. The maximum atomic E-state index is 8.27. The van der Waals surface area contributed by atoms with Gasteiger partial charge in [-0.3, -0.25) is 0 Å². The minimum Gasteiger partial charge on any atom is -0.392 e. The van der Waals surface area contributed by atoms with Crippen LogP contribution in [0.3, 0.4) is 0 Å². The first-order valence-electron chi connectivity index (χ1n) is 2.76. The molecule has 1 nitrogen and oxygen atoms in total. The van der Waals surface area contributed by atoms with Crippen LogP contribution in [0.25, 0.3) is 0 Å². The van der Waals surface area contributed by atoms with Gasteiger partial charge in [0, 0.05) is 0 Å². The predicted molar refractivity (Wildman–Crippen MR) is 38.8 cm³/mol. The molecule has 0 unspecified atom stereocenters. The Morgan fingerprint density at radius 2 is 2.22 bits per heavy atom. The van der Waals surface area contributed by atoms with E-state index in [9.17, 15) is 0 Å². The third-order valence-electron chi connectivity index (χ3n) is 0.676. The fourth-order valence-electron chi connectivity index (χ4n) is 0.326. The molecule has 0 aromatic rings. The van der Waals surface area contributed by atoms with E-state index in [1.165, 1.54) is 0 Å². The van der Waals surface area contributed by atoms with Gasteiger partial charge in [-0.05, 0) is 13.0 Å². The standard InChI is InChI=1S/C8H10O/c1-2-3-4-5-6-7-8-9/h4-7,9H,8H2,1H3/b5-4+,7-6+. The summed E-state index contributed by atoms with van der Waals surface area (Å²) in [6.45, 7) is 1.87. The van der Waals surface area contributed by atoms with Crippen molar-refractivity contribution >= 4 is 0 Å². The minimum absolute atomic E-state index is 0.0872. The van der Waals surface area contributed by atoms with E-state index in [1.807, 2.05) is 0 Å². The van der Waals surface area contributed by atoms with E-state index >= 15 is 0 Å². The van der Waals surface area contributed by atoms with Crippen LogP contribution in [-0.2, 0) is 0 Å². The zero-order chi connectivity index (χ0) is 6.95. The third-order valence-corrected chi connectivity index (χ3v) is 0.676. The molecule has 0 spiro atoms. The predicted octanol–water partition coefficient (Wildman–Crippen LogP) is 1.11. The lowest BCUT2D eigenvalue weighted by molar-refractivity contribution is 0.343. The van der Waals surface area contributed by atoms with E-state index in [0.29, 0.717) is 0 Å². The van der Waals surface area contributed by atoms with Crippen molar-refractivity contribution in [3.63, 3.8) is 0 Å². The highest BCUT2D eigenvalue weighted by Crippen LogP contribution is 1.73. The molecule has 0 saturated heterocycles. The summed E-state index contributed by atoms with van der Waals surface area (Å²) in [5, 5.41) is 8.27. The first-order chi connectivity index (χ1) is 4.41. The van der Waals surface area contributed by atoms with Crippen LogP contribution >= 0.6 is 0 Å². The Kier molecular flexibility index (Phi) is 6.22. The first kappa shape index (κ1) is 8.00. The smallest absolute Gasteiger partial charge is 0.0615 e. The molecular weight excluding hydrogens is 112 g/mol.